The molecule has 1 aromatic heterocycles. The predicted molar refractivity (Wildman–Crippen MR) is 71.8 cm³/mol. The van der Waals surface area contributed by atoms with Gasteiger partial charge in [0.05, 0.1) is 11.1 Å². The first-order valence-electron chi connectivity index (χ1n) is 7.29. The lowest BCUT2D eigenvalue weighted by molar-refractivity contribution is -0.152. The summed E-state index contributed by atoms with van der Waals surface area (Å²) >= 11 is 0. The van der Waals surface area contributed by atoms with E-state index in [9.17, 15) is 9.90 Å². The number of nitrogens with zero attached hydrogens (tertiary/aromatic N) is 2. The van der Waals surface area contributed by atoms with Gasteiger partial charge in [0.2, 0.25) is 0 Å². The van der Waals surface area contributed by atoms with Gasteiger partial charge in [-0.1, -0.05) is 6.42 Å². The van der Waals surface area contributed by atoms with Gasteiger partial charge >= 0.3 is 5.97 Å². The van der Waals surface area contributed by atoms with Crippen LogP contribution >= 0.6 is 0 Å². The number of carboxylic acid groups (broad SMARTS) is 1. The Kier molecular flexibility index (Phi) is 2.91. The molecule has 3 rings (SSSR count). The van der Waals surface area contributed by atoms with Crippen molar-refractivity contribution in [1.29, 1.82) is 0 Å². The maximum atomic E-state index is 11.8. The molecule has 3 atom stereocenters. The Morgan fingerprint density at radius 3 is 2.84 bits per heavy atom. The van der Waals surface area contributed by atoms with E-state index < -0.39 is 11.4 Å². The summed E-state index contributed by atoms with van der Waals surface area (Å²) in [6, 6.07) is 2.31. The second kappa shape index (κ2) is 4.36. The molecule has 1 N–H and O–H groups in total. The average Bonchev–Trinajstić information content (AvgIpc) is 3.03. The van der Waals surface area contributed by atoms with Gasteiger partial charge in [-0.15, -0.1) is 0 Å². The molecular formula is C15H22N2O2. The molecule has 2 aliphatic carbocycles. The zero-order valence-corrected chi connectivity index (χ0v) is 11.7. The lowest BCUT2D eigenvalue weighted by Crippen LogP contribution is -2.38. The second-order valence-electron chi connectivity index (χ2n) is 6.60. The van der Waals surface area contributed by atoms with Crippen molar-refractivity contribution in [2.75, 3.05) is 0 Å². The minimum absolute atomic E-state index is 0.328. The maximum absolute atomic E-state index is 11.8. The van der Waals surface area contributed by atoms with Gasteiger partial charge in [0, 0.05) is 18.7 Å². The van der Waals surface area contributed by atoms with Crippen LogP contribution in [0, 0.1) is 17.3 Å². The maximum Gasteiger partial charge on any atom is 0.310 e. The molecule has 3 unspecified atom stereocenters. The average molecular weight is 262 g/mol. The highest BCUT2D eigenvalue weighted by molar-refractivity contribution is 5.76. The van der Waals surface area contributed by atoms with Crippen LogP contribution in [0.2, 0.25) is 0 Å². The van der Waals surface area contributed by atoms with Gasteiger partial charge in [0.1, 0.15) is 0 Å². The second-order valence-corrected chi connectivity index (χ2v) is 6.60. The third kappa shape index (κ3) is 1.97. The van der Waals surface area contributed by atoms with E-state index in [2.05, 4.69) is 18.9 Å². The van der Waals surface area contributed by atoms with Crippen LogP contribution in [-0.4, -0.2) is 20.9 Å². The monoisotopic (exact) mass is 262 g/mol. The van der Waals surface area contributed by atoms with Gasteiger partial charge in [-0.3, -0.25) is 9.48 Å². The van der Waals surface area contributed by atoms with Crippen molar-refractivity contribution in [1.82, 2.24) is 9.78 Å². The Bertz CT molecular complexity index is 494. The lowest BCUT2D eigenvalue weighted by Gasteiger charge is -2.33. The third-order valence-corrected chi connectivity index (χ3v) is 5.09. The highest BCUT2D eigenvalue weighted by atomic mass is 16.4. The van der Waals surface area contributed by atoms with E-state index in [-0.39, 0.29) is 0 Å². The first kappa shape index (κ1) is 12.7. The van der Waals surface area contributed by atoms with Gasteiger partial charge in [-0.2, -0.15) is 5.10 Å². The van der Waals surface area contributed by atoms with Crippen molar-refractivity contribution in [2.45, 2.75) is 52.0 Å². The quantitative estimate of drug-likeness (QED) is 0.907. The molecule has 4 nitrogen and oxygen atoms in total. The molecule has 2 bridgehead atoms. The molecule has 0 spiro atoms. The third-order valence-electron chi connectivity index (χ3n) is 5.09. The summed E-state index contributed by atoms with van der Waals surface area (Å²) in [5.74, 6) is 0.381. The molecule has 0 aromatic carbocycles. The first-order valence-corrected chi connectivity index (χ1v) is 7.29. The molecule has 0 saturated heterocycles. The molecule has 104 valence electrons. The Morgan fingerprint density at radius 2 is 2.37 bits per heavy atom. The summed E-state index contributed by atoms with van der Waals surface area (Å²) < 4.78 is 1.91. The van der Waals surface area contributed by atoms with Crippen molar-refractivity contribution in [3.63, 3.8) is 0 Å². The lowest BCUT2D eigenvalue weighted by atomic mass is 9.70. The first-order chi connectivity index (χ1) is 9.01. The van der Waals surface area contributed by atoms with Crippen molar-refractivity contribution in [3.05, 3.63) is 18.0 Å². The fraction of sp³-hybridized carbons (Fsp3) is 0.733. The molecular weight excluding hydrogens is 240 g/mol. The van der Waals surface area contributed by atoms with E-state index in [1.807, 2.05) is 16.9 Å². The summed E-state index contributed by atoms with van der Waals surface area (Å²) in [6.07, 6.45) is 6.83. The normalized spacial score (nSPS) is 33.2. The molecule has 1 aromatic rings. The summed E-state index contributed by atoms with van der Waals surface area (Å²) in [4.78, 5) is 11.8. The number of carboxylic acids is 1. The van der Waals surface area contributed by atoms with Crippen LogP contribution < -0.4 is 0 Å². The molecule has 0 aliphatic heterocycles. The van der Waals surface area contributed by atoms with E-state index >= 15 is 0 Å². The van der Waals surface area contributed by atoms with Gasteiger partial charge in [0.15, 0.2) is 0 Å². The van der Waals surface area contributed by atoms with Gasteiger partial charge in [0.25, 0.3) is 0 Å². The van der Waals surface area contributed by atoms with Crippen molar-refractivity contribution in [3.8, 4) is 0 Å². The topological polar surface area (TPSA) is 55.1 Å². The van der Waals surface area contributed by atoms with Crippen LogP contribution in [0.1, 0.15) is 51.3 Å². The molecule has 1 heterocycles. The van der Waals surface area contributed by atoms with Gasteiger partial charge in [-0.05, 0) is 51.0 Å². The molecule has 2 aliphatic rings. The largest absolute Gasteiger partial charge is 0.481 e. The molecule has 2 saturated carbocycles. The highest BCUT2D eigenvalue weighted by Gasteiger charge is 2.55. The molecule has 0 radical (unpaired) electrons. The number of hydrogen-bond donors (Lipinski definition) is 1. The SMILES string of the molecule is CC(C)n1ccc(CC2(C(=O)O)CC3CCC2C3)n1. The Hall–Kier alpha value is -1.32. The van der Waals surface area contributed by atoms with Crippen molar-refractivity contribution >= 4 is 5.97 Å². The zero-order chi connectivity index (χ0) is 13.6. The molecule has 4 heteroatoms. The summed E-state index contributed by atoms with van der Waals surface area (Å²) in [5.41, 5.74) is 0.391. The van der Waals surface area contributed by atoms with E-state index in [0.29, 0.717) is 24.3 Å². The van der Waals surface area contributed by atoms with E-state index in [1.165, 1.54) is 6.42 Å². The molecule has 19 heavy (non-hydrogen) atoms. The smallest absolute Gasteiger partial charge is 0.310 e. The van der Waals surface area contributed by atoms with Gasteiger partial charge < -0.3 is 5.11 Å². The highest BCUT2D eigenvalue weighted by Crippen LogP contribution is 2.57. The number of aliphatic carboxylic acids is 1. The van der Waals surface area contributed by atoms with E-state index in [1.54, 1.807) is 0 Å². The number of aromatic nitrogens is 2. The van der Waals surface area contributed by atoms with Gasteiger partial charge in [-0.25, -0.2) is 0 Å². The van der Waals surface area contributed by atoms with Crippen LogP contribution in [0.25, 0.3) is 0 Å². The van der Waals surface area contributed by atoms with Crippen LogP contribution in [0.4, 0.5) is 0 Å². The predicted octanol–water partition coefficient (Wildman–Crippen LogP) is 2.90. The Labute approximate surface area is 113 Å². The number of hydrogen-bond acceptors (Lipinski definition) is 2. The fourth-order valence-electron chi connectivity index (χ4n) is 4.08. The van der Waals surface area contributed by atoms with Crippen LogP contribution in [0.3, 0.4) is 0 Å². The summed E-state index contributed by atoms with van der Waals surface area (Å²) in [6.45, 7) is 4.17. The van der Waals surface area contributed by atoms with E-state index in [0.717, 1.165) is 25.0 Å². The Morgan fingerprint density at radius 1 is 1.58 bits per heavy atom. The number of fused-ring (bicyclic) bond motifs is 2. The molecule has 2 fully saturated rings. The Balaban J connectivity index is 1.84. The minimum Gasteiger partial charge on any atom is -0.481 e. The van der Waals surface area contributed by atoms with E-state index in [4.69, 9.17) is 0 Å². The minimum atomic E-state index is -0.612. The molecule has 0 amide bonds. The van der Waals surface area contributed by atoms with Crippen LogP contribution in [0.5, 0.6) is 0 Å². The zero-order valence-electron chi connectivity index (χ0n) is 11.7. The van der Waals surface area contributed by atoms with Crippen LogP contribution in [0.15, 0.2) is 12.3 Å². The summed E-state index contributed by atoms with van der Waals surface area (Å²) in [7, 11) is 0. The number of rotatable bonds is 4. The fourth-order valence-corrected chi connectivity index (χ4v) is 4.08. The van der Waals surface area contributed by atoms with Crippen molar-refractivity contribution < 1.29 is 9.90 Å². The standard InChI is InChI=1S/C15H22N2O2/c1-10(2)17-6-5-13(16-17)9-15(14(18)19)8-11-3-4-12(15)7-11/h5-6,10-12H,3-4,7-9H2,1-2H3,(H,18,19). The van der Waals surface area contributed by atoms with Crippen LogP contribution in [-0.2, 0) is 11.2 Å². The summed E-state index contributed by atoms with van der Waals surface area (Å²) in [5, 5.41) is 14.3. The number of carbonyl (C=O) groups is 1. The van der Waals surface area contributed by atoms with Crippen molar-refractivity contribution in [2.24, 2.45) is 17.3 Å².